The number of carboxylic acids is 1. The smallest absolute Gasteiger partial charge is 0.364 e. The zero-order valence-corrected chi connectivity index (χ0v) is 19.1. The van der Waals surface area contributed by atoms with Crippen molar-refractivity contribution in [3.05, 3.63) is 70.4 Å². The number of aromatic nitrogens is 3. The molecule has 1 aliphatic rings. The highest BCUT2D eigenvalue weighted by Crippen LogP contribution is 2.32. The van der Waals surface area contributed by atoms with Gasteiger partial charge in [-0.05, 0) is 62.1 Å². The Bertz CT molecular complexity index is 1200. The first-order valence-corrected chi connectivity index (χ1v) is 11.5. The van der Waals surface area contributed by atoms with Crippen LogP contribution in [0.1, 0.15) is 31.2 Å². The minimum absolute atomic E-state index is 0.237. The number of nitrogens with zero attached hydrogens (tertiary/aromatic N) is 3. The summed E-state index contributed by atoms with van der Waals surface area (Å²) in [5, 5.41) is 13.3. The summed E-state index contributed by atoms with van der Waals surface area (Å²) in [4.78, 5) is 27.8. The number of benzene rings is 2. The number of hydrogen-bond donors (Lipinski definition) is 1. The first-order valence-electron chi connectivity index (χ1n) is 11.5. The van der Waals surface area contributed by atoms with Gasteiger partial charge in [-0.1, -0.05) is 36.4 Å². The van der Waals surface area contributed by atoms with E-state index in [9.17, 15) is 14.0 Å². The molecule has 0 amide bonds. The van der Waals surface area contributed by atoms with Gasteiger partial charge in [-0.3, -0.25) is 0 Å². The van der Waals surface area contributed by atoms with Crippen molar-refractivity contribution in [3.8, 4) is 22.5 Å². The van der Waals surface area contributed by atoms with Crippen molar-refractivity contribution in [3.63, 3.8) is 0 Å². The molecular formula is C26H28FN3O4. The number of aliphatic carboxylic acids is 1. The summed E-state index contributed by atoms with van der Waals surface area (Å²) in [6.45, 7) is 2.38. The van der Waals surface area contributed by atoms with Gasteiger partial charge in [0, 0.05) is 17.7 Å². The van der Waals surface area contributed by atoms with Crippen molar-refractivity contribution >= 4 is 5.97 Å². The number of carbonyl (C=O) groups is 1. The minimum atomic E-state index is -0.966. The molecular weight excluding hydrogens is 437 g/mol. The zero-order chi connectivity index (χ0) is 24.1. The van der Waals surface area contributed by atoms with Crippen LogP contribution in [-0.4, -0.2) is 39.1 Å². The van der Waals surface area contributed by atoms with Crippen LogP contribution < -0.4 is 5.69 Å². The molecule has 34 heavy (non-hydrogen) atoms. The molecule has 3 aromatic rings. The highest BCUT2D eigenvalue weighted by molar-refractivity contribution is 5.77. The molecule has 0 unspecified atom stereocenters. The van der Waals surface area contributed by atoms with Crippen molar-refractivity contribution in [2.45, 2.75) is 39.2 Å². The molecule has 1 heterocycles. The fraction of sp³-hybridized carbons (Fsp3) is 0.385. The van der Waals surface area contributed by atoms with Crippen LogP contribution in [0.5, 0.6) is 0 Å². The number of halogens is 1. The second kappa shape index (κ2) is 10.7. The average Bonchev–Trinajstić information content (AvgIpc) is 2.82. The molecule has 1 aromatic heterocycles. The van der Waals surface area contributed by atoms with Crippen LogP contribution in [0.4, 0.5) is 4.39 Å². The van der Waals surface area contributed by atoms with Gasteiger partial charge in [-0.2, -0.15) is 10.1 Å². The third-order valence-corrected chi connectivity index (χ3v) is 6.28. The molecule has 0 aliphatic heterocycles. The lowest BCUT2D eigenvalue weighted by Crippen LogP contribution is -2.31. The van der Waals surface area contributed by atoms with E-state index in [1.54, 1.807) is 6.07 Å². The first kappa shape index (κ1) is 23.8. The van der Waals surface area contributed by atoms with E-state index < -0.39 is 17.5 Å². The van der Waals surface area contributed by atoms with E-state index in [0.717, 1.165) is 31.2 Å². The second-order valence-electron chi connectivity index (χ2n) is 8.92. The maximum atomic E-state index is 14.9. The van der Waals surface area contributed by atoms with Crippen molar-refractivity contribution in [2.24, 2.45) is 11.8 Å². The van der Waals surface area contributed by atoms with E-state index in [1.165, 1.54) is 10.7 Å². The van der Waals surface area contributed by atoms with Gasteiger partial charge < -0.3 is 9.84 Å². The van der Waals surface area contributed by atoms with Crippen molar-refractivity contribution in [1.82, 2.24) is 14.8 Å². The van der Waals surface area contributed by atoms with E-state index in [-0.39, 0.29) is 12.5 Å². The third kappa shape index (κ3) is 5.75. The van der Waals surface area contributed by atoms with E-state index in [2.05, 4.69) is 10.1 Å². The number of carboxylic acid groups (broad SMARTS) is 1. The zero-order valence-electron chi connectivity index (χ0n) is 19.1. The molecule has 7 nitrogen and oxygen atoms in total. The normalized spacial score (nSPS) is 18.1. The lowest BCUT2D eigenvalue weighted by Gasteiger charge is -2.28. The van der Waals surface area contributed by atoms with Gasteiger partial charge in [0.15, 0.2) is 0 Å². The van der Waals surface area contributed by atoms with Gasteiger partial charge >= 0.3 is 11.7 Å². The summed E-state index contributed by atoms with van der Waals surface area (Å²) < 4.78 is 21.5. The maximum absolute atomic E-state index is 14.9. The summed E-state index contributed by atoms with van der Waals surface area (Å²) in [6, 6.07) is 14.2. The number of aryl methyl sites for hydroxylation is 1. The summed E-state index contributed by atoms with van der Waals surface area (Å²) >= 11 is 0. The molecule has 2 aromatic carbocycles. The van der Waals surface area contributed by atoms with E-state index >= 15 is 0 Å². The predicted molar refractivity (Wildman–Crippen MR) is 126 cm³/mol. The standard InChI is InChI=1S/C26H28FN3O4/c1-17-7-12-21(22(27)13-17)25-24(20-5-3-2-4-6-20)28-26(33)30(29-25)14-18-8-10-19(11-9-18)15-34-16-23(31)32/h2-7,12-13,18-19H,8-11,14-16H2,1H3,(H,31,32)/t18-,19-. The minimum Gasteiger partial charge on any atom is -0.480 e. The summed E-state index contributed by atoms with van der Waals surface area (Å²) in [7, 11) is 0. The first-order chi connectivity index (χ1) is 16.4. The highest BCUT2D eigenvalue weighted by Gasteiger charge is 2.24. The van der Waals surface area contributed by atoms with Gasteiger partial charge in [0.1, 0.15) is 23.8 Å². The Morgan fingerprint density at radius 3 is 2.47 bits per heavy atom. The fourth-order valence-corrected chi connectivity index (χ4v) is 4.47. The Morgan fingerprint density at radius 2 is 1.79 bits per heavy atom. The van der Waals surface area contributed by atoms with Gasteiger partial charge in [-0.25, -0.2) is 18.7 Å². The Morgan fingerprint density at radius 1 is 1.09 bits per heavy atom. The summed E-state index contributed by atoms with van der Waals surface area (Å²) in [5.41, 5.74) is 2.07. The van der Waals surface area contributed by atoms with Crippen LogP contribution >= 0.6 is 0 Å². The molecule has 178 valence electrons. The van der Waals surface area contributed by atoms with Crippen LogP contribution in [0.25, 0.3) is 22.5 Å². The summed E-state index contributed by atoms with van der Waals surface area (Å²) in [5.74, 6) is -0.818. The van der Waals surface area contributed by atoms with Gasteiger partial charge in [0.05, 0.1) is 6.61 Å². The number of rotatable bonds is 8. The van der Waals surface area contributed by atoms with Crippen molar-refractivity contribution in [2.75, 3.05) is 13.2 Å². The Kier molecular flexibility index (Phi) is 7.47. The van der Waals surface area contributed by atoms with Crippen LogP contribution in [-0.2, 0) is 16.1 Å². The average molecular weight is 466 g/mol. The lowest BCUT2D eigenvalue weighted by molar-refractivity contribution is -0.142. The van der Waals surface area contributed by atoms with Crippen molar-refractivity contribution in [1.29, 1.82) is 0 Å². The van der Waals surface area contributed by atoms with Crippen LogP contribution in [0.3, 0.4) is 0 Å². The van der Waals surface area contributed by atoms with Gasteiger partial charge in [0.25, 0.3) is 0 Å². The number of hydrogen-bond acceptors (Lipinski definition) is 5. The van der Waals surface area contributed by atoms with E-state index in [4.69, 9.17) is 9.84 Å². The van der Waals surface area contributed by atoms with E-state index in [0.29, 0.717) is 41.6 Å². The Hall–Kier alpha value is -3.39. The lowest BCUT2D eigenvalue weighted by atomic mass is 9.82. The Balaban J connectivity index is 1.57. The predicted octanol–water partition coefficient (Wildman–Crippen LogP) is 4.33. The molecule has 1 aliphatic carbocycles. The molecule has 0 bridgehead atoms. The Labute approximate surface area is 197 Å². The fourth-order valence-electron chi connectivity index (χ4n) is 4.47. The van der Waals surface area contributed by atoms with Crippen LogP contribution in [0.2, 0.25) is 0 Å². The number of ether oxygens (including phenoxy) is 1. The molecule has 0 atom stereocenters. The SMILES string of the molecule is Cc1ccc(-c2nn(C[C@H]3CC[C@H](COCC(=O)O)CC3)c(=O)nc2-c2ccccc2)c(F)c1. The second-order valence-corrected chi connectivity index (χ2v) is 8.92. The maximum Gasteiger partial charge on any atom is 0.364 e. The van der Waals surface area contributed by atoms with Crippen molar-refractivity contribution < 1.29 is 19.0 Å². The largest absolute Gasteiger partial charge is 0.480 e. The van der Waals surface area contributed by atoms with E-state index in [1.807, 2.05) is 43.3 Å². The molecule has 1 N–H and O–H groups in total. The molecule has 0 saturated heterocycles. The van der Waals surface area contributed by atoms with Crippen LogP contribution in [0.15, 0.2) is 53.3 Å². The quantitative estimate of drug-likeness (QED) is 0.532. The molecule has 0 spiro atoms. The topological polar surface area (TPSA) is 94.3 Å². The molecule has 8 heteroatoms. The third-order valence-electron chi connectivity index (χ3n) is 6.28. The molecule has 1 saturated carbocycles. The monoisotopic (exact) mass is 465 g/mol. The van der Waals surface area contributed by atoms with Gasteiger partial charge in [-0.15, -0.1) is 0 Å². The summed E-state index contributed by atoms with van der Waals surface area (Å²) in [6.07, 6.45) is 3.55. The molecule has 4 rings (SSSR count). The molecule has 0 radical (unpaired) electrons. The molecule has 1 fully saturated rings. The van der Waals surface area contributed by atoms with Crippen LogP contribution in [0, 0.1) is 24.6 Å². The van der Waals surface area contributed by atoms with Gasteiger partial charge in [0.2, 0.25) is 0 Å². The highest BCUT2D eigenvalue weighted by atomic mass is 19.1.